The molecule has 0 radical (unpaired) electrons. The number of carbonyl (C=O) groups is 2. The number of hydrogen-bond donors (Lipinski definition) is 3. The number of aliphatic carboxylic acids is 1. The van der Waals surface area contributed by atoms with Crippen molar-refractivity contribution in [3.05, 3.63) is 95.1 Å². The molecule has 48 heavy (non-hydrogen) atoms. The van der Waals surface area contributed by atoms with Gasteiger partial charge in [0.15, 0.2) is 6.29 Å². The molecule has 0 aromatic heterocycles. The first-order valence-electron chi connectivity index (χ1n) is 17.9. The Morgan fingerprint density at radius 2 is 1.44 bits per heavy atom. The zero-order valence-corrected chi connectivity index (χ0v) is 28.2. The lowest BCUT2D eigenvalue weighted by Gasteiger charge is -2.38. The van der Waals surface area contributed by atoms with Crippen molar-refractivity contribution in [2.75, 3.05) is 19.6 Å². The first-order valence-corrected chi connectivity index (χ1v) is 17.9. The van der Waals surface area contributed by atoms with Crippen LogP contribution in [0.25, 0.3) is 11.1 Å². The maximum atomic E-state index is 12.4. The van der Waals surface area contributed by atoms with Crippen LogP contribution in [0.15, 0.2) is 72.8 Å². The van der Waals surface area contributed by atoms with E-state index in [1.807, 2.05) is 24.3 Å². The van der Waals surface area contributed by atoms with Gasteiger partial charge >= 0.3 is 5.97 Å². The highest BCUT2D eigenvalue weighted by molar-refractivity contribution is 5.76. The summed E-state index contributed by atoms with van der Waals surface area (Å²) in [6.45, 7) is 3.63. The topological polar surface area (TPSA) is 108 Å². The predicted molar refractivity (Wildman–Crippen MR) is 187 cm³/mol. The number of unbranched alkanes of at least 4 members (excludes halogenated alkanes) is 3. The third-order valence-corrected chi connectivity index (χ3v) is 9.50. The van der Waals surface area contributed by atoms with E-state index >= 15 is 0 Å². The van der Waals surface area contributed by atoms with E-state index in [-0.39, 0.29) is 31.1 Å². The number of carboxylic acids is 1. The summed E-state index contributed by atoms with van der Waals surface area (Å²) in [6, 6.07) is 24.7. The first-order chi connectivity index (χ1) is 23.5. The molecule has 3 N–H and O–H groups in total. The number of benzene rings is 3. The summed E-state index contributed by atoms with van der Waals surface area (Å²) in [5.41, 5.74) is 6.18. The Hall–Kier alpha value is -3.56. The van der Waals surface area contributed by atoms with Gasteiger partial charge in [-0.3, -0.25) is 9.59 Å². The number of nitrogens with zero attached hydrogens (tertiary/aromatic N) is 1. The van der Waals surface area contributed by atoms with E-state index in [1.54, 1.807) is 0 Å². The molecular formula is C40H52N2O6. The highest BCUT2D eigenvalue weighted by Gasteiger charge is 2.33. The minimum atomic E-state index is -0.767. The van der Waals surface area contributed by atoms with Gasteiger partial charge in [-0.25, -0.2) is 0 Å². The summed E-state index contributed by atoms with van der Waals surface area (Å²) < 4.78 is 13.3. The van der Waals surface area contributed by atoms with Crippen molar-refractivity contribution in [3.63, 3.8) is 0 Å². The molecule has 1 amide bonds. The Bertz CT molecular complexity index is 1420. The van der Waals surface area contributed by atoms with Crippen LogP contribution in [0.2, 0.25) is 0 Å². The first kappa shape index (κ1) is 35.7. The SMILES string of the molecule is O=C(O)CCCCCCC(=O)NCc1cccc(-c2ccc(C3OC(CN4CCCCCCC4)CC(c4ccc(CO)cc4)O3)cc2)c1. The highest BCUT2D eigenvalue weighted by atomic mass is 16.7. The molecule has 3 aromatic carbocycles. The molecule has 0 aliphatic carbocycles. The number of amides is 1. The molecule has 2 aliphatic heterocycles. The Balaban J connectivity index is 1.20. The van der Waals surface area contributed by atoms with Gasteiger partial charge in [-0.1, -0.05) is 98.8 Å². The maximum Gasteiger partial charge on any atom is 0.303 e. The summed E-state index contributed by atoms with van der Waals surface area (Å²) in [7, 11) is 0. The fourth-order valence-corrected chi connectivity index (χ4v) is 6.71. The van der Waals surface area contributed by atoms with E-state index in [2.05, 4.69) is 58.7 Å². The lowest BCUT2D eigenvalue weighted by molar-refractivity contribution is -0.253. The van der Waals surface area contributed by atoms with Gasteiger partial charge in [0.25, 0.3) is 0 Å². The quantitative estimate of drug-likeness (QED) is 0.144. The molecule has 5 rings (SSSR count). The van der Waals surface area contributed by atoms with Gasteiger partial charge in [-0.05, 0) is 72.7 Å². The monoisotopic (exact) mass is 656 g/mol. The molecule has 2 aliphatic rings. The maximum absolute atomic E-state index is 12.4. The lowest BCUT2D eigenvalue weighted by atomic mass is 9.98. The summed E-state index contributed by atoms with van der Waals surface area (Å²) >= 11 is 0. The standard InChI is InChI=1S/C40H52N2O6/c43-29-30-15-17-33(18-16-30)37-26-36(28-42-23-8-4-1-5-9-24-42)47-40(48-37)34-21-19-32(20-22-34)35-12-10-11-31(25-35)27-41-38(44)13-6-2-3-7-14-39(45)46/h10-12,15-22,25,36-37,40,43H,1-9,13-14,23-24,26-29H2,(H,41,44)(H,45,46). The third-order valence-electron chi connectivity index (χ3n) is 9.50. The van der Waals surface area contributed by atoms with Crippen molar-refractivity contribution in [3.8, 4) is 11.1 Å². The molecule has 0 saturated carbocycles. The van der Waals surface area contributed by atoms with Crippen LogP contribution in [-0.2, 0) is 32.2 Å². The zero-order valence-electron chi connectivity index (χ0n) is 28.2. The van der Waals surface area contributed by atoms with Crippen LogP contribution >= 0.6 is 0 Å². The van der Waals surface area contributed by atoms with E-state index in [9.17, 15) is 14.7 Å². The van der Waals surface area contributed by atoms with Crippen LogP contribution in [0.5, 0.6) is 0 Å². The number of aliphatic hydroxyl groups excluding tert-OH is 1. The van der Waals surface area contributed by atoms with Crippen LogP contribution in [0, 0.1) is 0 Å². The van der Waals surface area contributed by atoms with E-state index in [0.29, 0.717) is 19.4 Å². The number of likely N-dealkylation sites (tertiary alicyclic amines) is 1. The van der Waals surface area contributed by atoms with Crippen molar-refractivity contribution in [2.45, 2.75) is 109 Å². The van der Waals surface area contributed by atoms with Crippen molar-refractivity contribution >= 4 is 11.9 Å². The van der Waals surface area contributed by atoms with Crippen LogP contribution in [0.1, 0.15) is 112 Å². The highest BCUT2D eigenvalue weighted by Crippen LogP contribution is 2.39. The van der Waals surface area contributed by atoms with Gasteiger partial charge < -0.3 is 29.9 Å². The molecule has 258 valence electrons. The van der Waals surface area contributed by atoms with Gasteiger partial charge in [0.05, 0.1) is 18.8 Å². The number of aliphatic hydroxyl groups is 1. The minimum Gasteiger partial charge on any atom is -0.481 e. The Labute approximate surface area is 285 Å². The summed E-state index contributed by atoms with van der Waals surface area (Å²) in [5, 5.41) is 21.3. The normalized spacial score (nSPS) is 20.5. The van der Waals surface area contributed by atoms with Crippen LogP contribution in [0.3, 0.4) is 0 Å². The second-order valence-corrected chi connectivity index (χ2v) is 13.3. The van der Waals surface area contributed by atoms with E-state index in [0.717, 1.165) is 78.7 Å². The molecule has 3 aromatic rings. The van der Waals surface area contributed by atoms with Gasteiger partial charge in [0.2, 0.25) is 5.91 Å². The minimum absolute atomic E-state index is 0.0164. The van der Waals surface area contributed by atoms with Crippen molar-refractivity contribution < 1.29 is 29.3 Å². The molecule has 8 heteroatoms. The van der Waals surface area contributed by atoms with Gasteiger partial charge in [0.1, 0.15) is 0 Å². The molecular weight excluding hydrogens is 604 g/mol. The molecule has 2 heterocycles. The van der Waals surface area contributed by atoms with Crippen molar-refractivity contribution in [2.24, 2.45) is 0 Å². The molecule has 3 atom stereocenters. The second-order valence-electron chi connectivity index (χ2n) is 13.3. The van der Waals surface area contributed by atoms with E-state index in [1.165, 1.54) is 32.1 Å². The summed E-state index contributed by atoms with van der Waals surface area (Å²) in [5.74, 6) is -0.751. The largest absolute Gasteiger partial charge is 0.481 e. The van der Waals surface area contributed by atoms with Crippen LogP contribution in [0.4, 0.5) is 0 Å². The number of carboxylic acid groups (broad SMARTS) is 1. The Morgan fingerprint density at radius 1 is 0.750 bits per heavy atom. The molecule has 2 fully saturated rings. The Kier molecular flexibility index (Phi) is 14.0. The van der Waals surface area contributed by atoms with Crippen molar-refractivity contribution in [1.82, 2.24) is 10.2 Å². The number of rotatable bonds is 15. The third kappa shape index (κ3) is 11.3. The molecule has 8 nitrogen and oxygen atoms in total. The van der Waals surface area contributed by atoms with E-state index in [4.69, 9.17) is 14.6 Å². The molecule has 0 bridgehead atoms. The lowest BCUT2D eigenvalue weighted by Crippen LogP contribution is -2.40. The zero-order chi connectivity index (χ0) is 33.6. The van der Waals surface area contributed by atoms with Gasteiger partial charge in [-0.15, -0.1) is 0 Å². The fraction of sp³-hybridized carbons (Fsp3) is 0.500. The van der Waals surface area contributed by atoms with Crippen LogP contribution in [-0.4, -0.2) is 52.7 Å². The second kappa shape index (κ2) is 18.8. The number of hydrogen-bond acceptors (Lipinski definition) is 6. The number of carbonyl (C=O) groups excluding carboxylic acids is 1. The smallest absolute Gasteiger partial charge is 0.303 e. The molecule has 2 saturated heterocycles. The van der Waals surface area contributed by atoms with Gasteiger partial charge in [0, 0.05) is 37.9 Å². The molecule has 0 spiro atoms. The average molecular weight is 657 g/mol. The molecule has 3 unspecified atom stereocenters. The van der Waals surface area contributed by atoms with Gasteiger partial charge in [-0.2, -0.15) is 0 Å². The number of ether oxygens (including phenoxy) is 2. The average Bonchev–Trinajstić information content (AvgIpc) is 3.10. The summed E-state index contributed by atoms with van der Waals surface area (Å²) in [6.07, 6.45) is 10.5. The van der Waals surface area contributed by atoms with Crippen molar-refractivity contribution in [1.29, 1.82) is 0 Å². The summed E-state index contributed by atoms with van der Waals surface area (Å²) in [4.78, 5) is 25.6. The fourth-order valence-electron chi connectivity index (χ4n) is 6.71. The predicted octanol–water partition coefficient (Wildman–Crippen LogP) is 7.70. The number of nitrogens with one attached hydrogen (secondary N) is 1. The Morgan fingerprint density at radius 3 is 2.15 bits per heavy atom. The van der Waals surface area contributed by atoms with Crippen LogP contribution < -0.4 is 5.32 Å². The van der Waals surface area contributed by atoms with E-state index < -0.39 is 12.3 Å².